The van der Waals surface area contributed by atoms with Crippen molar-refractivity contribution in [1.82, 2.24) is 4.90 Å². The summed E-state index contributed by atoms with van der Waals surface area (Å²) in [6, 6.07) is 10.6. The van der Waals surface area contributed by atoms with Crippen LogP contribution in [-0.4, -0.2) is 44.0 Å². The molecule has 0 aliphatic heterocycles. The van der Waals surface area contributed by atoms with E-state index in [4.69, 9.17) is 16.3 Å². The summed E-state index contributed by atoms with van der Waals surface area (Å²) < 4.78 is 18.1. The molecule has 2 amide bonds. The number of hydrogen-bond donors (Lipinski definition) is 2. The minimum Gasteiger partial charge on any atom is -0.497 e. The minimum atomic E-state index is -0.486. The third-order valence-corrected chi connectivity index (χ3v) is 3.72. The van der Waals surface area contributed by atoms with Crippen LogP contribution in [0.3, 0.4) is 0 Å². The Balaban J connectivity index is 1.81. The maximum absolute atomic E-state index is 13.0. The normalized spacial score (nSPS) is 10.5. The van der Waals surface area contributed by atoms with Gasteiger partial charge in [-0.2, -0.15) is 0 Å². The van der Waals surface area contributed by atoms with Crippen molar-refractivity contribution in [3.8, 4) is 5.75 Å². The highest BCUT2D eigenvalue weighted by Crippen LogP contribution is 2.22. The largest absolute Gasteiger partial charge is 0.497 e. The third kappa shape index (κ3) is 6.02. The minimum absolute atomic E-state index is 0.0241. The summed E-state index contributed by atoms with van der Waals surface area (Å²) in [5.74, 6) is -0.417. The molecule has 0 aliphatic rings. The lowest BCUT2D eigenvalue weighted by Gasteiger charge is -2.16. The maximum atomic E-state index is 13.0. The molecule has 0 bridgehead atoms. The lowest BCUT2D eigenvalue weighted by Crippen LogP contribution is -2.36. The summed E-state index contributed by atoms with van der Waals surface area (Å²) in [4.78, 5) is 25.6. The number of anilines is 2. The fourth-order valence-electron chi connectivity index (χ4n) is 2.20. The van der Waals surface area contributed by atoms with Crippen molar-refractivity contribution in [3.63, 3.8) is 0 Å². The quantitative estimate of drug-likeness (QED) is 0.775. The van der Waals surface area contributed by atoms with Gasteiger partial charge in [0.25, 0.3) is 0 Å². The number of benzene rings is 2. The zero-order valence-corrected chi connectivity index (χ0v) is 15.1. The molecule has 0 atom stereocenters. The van der Waals surface area contributed by atoms with Crippen molar-refractivity contribution < 1.29 is 18.7 Å². The molecule has 2 aromatic rings. The molecule has 0 fully saturated rings. The van der Waals surface area contributed by atoms with E-state index < -0.39 is 5.82 Å². The summed E-state index contributed by atoms with van der Waals surface area (Å²) in [5.41, 5.74) is 0.945. The number of carbonyl (C=O) groups excluding carboxylic acids is 2. The highest BCUT2D eigenvalue weighted by Gasteiger charge is 2.12. The van der Waals surface area contributed by atoms with Gasteiger partial charge in [0.1, 0.15) is 11.6 Å². The molecular weight excluding hydrogens is 361 g/mol. The molecular formula is C18H19ClFN3O3. The number of rotatable bonds is 7. The first-order valence-corrected chi connectivity index (χ1v) is 8.12. The maximum Gasteiger partial charge on any atom is 0.238 e. The van der Waals surface area contributed by atoms with Gasteiger partial charge in [0, 0.05) is 5.69 Å². The molecule has 8 heteroatoms. The summed E-state index contributed by atoms with van der Waals surface area (Å²) in [7, 11) is 3.20. The number of hydrogen-bond acceptors (Lipinski definition) is 4. The van der Waals surface area contributed by atoms with Crippen molar-refractivity contribution in [2.24, 2.45) is 0 Å². The number of likely N-dealkylation sites (N-methyl/N-ethyl adjacent to an activating group) is 1. The second kappa shape index (κ2) is 9.17. The standard InChI is InChI=1S/C18H19ClFN3O3/c1-23(10-17(24)21-13-4-6-14(26-2)7-5-13)11-18(25)22-16-8-3-12(20)9-15(16)19/h3-9H,10-11H2,1-2H3,(H,21,24)(H,22,25). The molecule has 0 aliphatic carbocycles. The van der Waals surface area contributed by atoms with E-state index in [2.05, 4.69) is 10.6 Å². The van der Waals surface area contributed by atoms with Gasteiger partial charge in [-0.3, -0.25) is 14.5 Å². The van der Waals surface area contributed by atoms with Crippen LogP contribution in [-0.2, 0) is 9.59 Å². The van der Waals surface area contributed by atoms with E-state index in [-0.39, 0.29) is 29.9 Å². The van der Waals surface area contributed by atoms with Crippen molar-refractivity contribution in [2.45, 2.75) is 0 Å². The lowest BCUT2D eigenvalue weighted by molar-refractivity contribution is -0.119. The summed E-state index contributed by atoms with van der Waals surface area (Å²) in [6.07, 6.45) is 0. The van der Waals surface area contributed by atoms with Crippen molar-refractivity contribution in [3.05, 3.63) is 53.3 Å². The molecule has 0 radical (unpaired) electrons. The predicted molar refractivity (Wildman–Crippen MR) is 99.2 cm³/mol. The highest BCUT2D eigenvalue weighted by atomic mass is 35.5. The van der Waals surface area contributed by atoms with Crippen LogP contribution in [0.25, 0.3) is 0 Å². The smallest absolute Gasteiger partial charge is 0.238 e. The predicted octanol–water partition coefficient (Wildman–Crippen LogP) is 3.00. The number of methoxy groups -OCH3 is 1. The van der Waals surface area contributed by atoms with E-state index in [1.165, 1.54) is 12.1 Å². The van der Waals surface area contributed by atoms with Crippen LogP contribution in [0.2, 0.25) is 5.02 Å². The Labute approximate surface area is 155 Å². The Bertz CT molecular complexity index is 784. The van der Waals surface area contributed by atoms with Crippen LogP contribution >= 0.6 is 11.6 Å². The topological polar surface area (TPSA) is 70.7 Å². The molecule has 2 N–H and O–H groups in total. The van der Waals surface area contributed by atoms with E-state index in [9.17, 15) is 14.0 Å². The molecule has 0 saturated heterocycles. The number of nitrogens with zero attached hydrogens (tertiary/aromatic N) is 1. The van der Waals surface area contributed by atoms with Crippen LogP contribution < -0.4 is 15.4 Å². The van der Waals surface area contributed by atoms with E-state index >= 15 is 0 Å². The fourth-order valence-corrected chi connectivity index (χ4v) is 2.42. The fraction of sp³-hybridized carbons (Fsp3) is 0.222. The van der Waals surface area contributed by atoms with Gasteiger partial charge in [-0.05, 0) is 49.5 Å². The van der Waals surface area contributed by atoms with Crippen LogP contribution in [0, 0.1) is 5.82 Å². The molecule has 0 aromatic heterocycles. The Hall–Kier alpha value is -2.64. The van der Waals surface area contributed by atoms with E-state index in [1.54, 1.807) is 43.3 Å². The molecule has 0 spiro atoms. The van der Waals surface area contributed by atoms with Gasteiger partial charge < -0.3 is 15.4 Å². The highest BCUT2D eigenvalue weighted by molar-refractivity contribution is 6.33. The SMILES string of the molecule is COc1ccc(NC(=O)CN(C)CC(=O)Nc2ccc(F)cc2Cl)cc1. The van der Waals surface area contributed by atoms with E-state index in [0.29, 0.717) is 17.1 Å². The second-order valence-corrected chi connectivity index (χ2v) is 6.03. The first kappa shape index (κ1) is 19.7. The number of halogens is 2. The lowest BCUT2D eigenvalue weighted by atomic mass is 10.3. The van der Waals surface area contributed by atoms with Crippen molar-refractivity contribution >= 4 is 34.8 Å². The number of nitrogens with one attached hydrogen (secondary N) is 2. The Morgan fingerprint density at radius 2 is 1.69 bits per heavy atom. The van der Waals surface area contributed by atoms with E-state index in [0.717, 1.165) is 6.07 Å². The van der Waals surface area contributed by atoms with Gasteiger partial charge in [0.05, 0.1) is 30.9 Å². The van der Waals surface area contributed by atoms with E-state index in [1.807, 2.05) is 0 Å². The van der Waals surface area contributed by atoms with Crippen LogP contribution in [0.1, 0.15) is 0 Å². The van der Waals surface area contributed by atoms with Crippen LogP contribution in [0.5, 0.6) is 5.75 Å². The number of amides is 2. The Morgan fingerprint density at radius 1 is 1.08 bits per heavy atom. The first-order chi connectivity index (χ1) is 12.4. The van der Waals surface area contributed by atoms with Gasteiger partial charge in [0.15, 0.2) is 0 Å². The van der Waals surface area contributed by atoms with Crippen molar-refractivity contribution in [2.75, 3.05) is 37.9 Å². The Kier molecular flexibility index (Phi) is 6.94. The molecule has 2 aromatic carbocycles. The summed E-state index contributed by atoms with van der Waals surface area (Å²) in [5, 5.41) is 5.42. The molecule has 26 heavy (non-hydrogen) atoms. The molecule has 138 valence electrons. The molecule has 6 nitrogen and oxygen atoms in total. The van der Waals surface area contributed by atoms with Gasteiger partial charge >= 0.3 is 0 Å². The second-order valence-electron chi connectivity index (χ2n) is 5.62. The summed E-state index contributed by atoms with van der Waals surface area (Å²) in [6.45, 7) is 0.000334. The Morgan fingerprint density at radius 3 is 2.27 bits per heavy atom. The average Bonchev–Trinajstić information content (AvgIpc) is 2.57. The van der Waals surface area contributed by atoms with Crippen LogP contribution in [0.4, 0.5) is 15.8 Å². The zero-order chi connectivity index (χ0) is 19.1. The molecule has 2 rings (SSSR count). The molecule has 0 unspecified atom stereocenters. The summed E-state index contributed by atoms with van der Waals surface area (Å²) >= 11 is 5.86. The molecule has 0 heterocycles. The monoisotopic (exact) mass is 379 g/mol. The van der Waals surface area contributed by atoms with Gasteiger partial charge in [-0.15, -0.1) is 0 Å². The van der Waals surface area contributed by atoms with Gasteiger partial charge in [0.2, 0.25) is 11.8 Å². The average molecular weight is 380 g/mol. The zero-order valence-electron chi connectivity index (χ0n) is 14.4. The first-order valence-electron chi connectivity index (χ1n) is 7.74. The van der Waals surface area contributed by atoms with Crippen LogP contribution in [0.15, 0.2) is 42.5 Å². The van der Waals surface area contributed by atoms with Crippen molar-refractivity contribution in [1.29, 1.82) is 0 Å². The number of ether oxygens (including phenoxy) is 1. The third-order valence-electron chi connectivity index (χ3n) is 3.41. The van der Waals surface area contributed by atoms with Gasteiger partial charge in [-0.1, -0.05) is 11.6 Å². The van der Waals surface area contributed by atoms with Gasteiger partial charge in [-0.25, -0.2) is 4.39 Å². The number of carbonyl (C=O) groups is 2. The molecule has 0 saturated carbocycles.